The molecule has 3 atom stereocenters. The van der Waals surface area contributed by atoms with Gasteiger partial charge in [-0.15, -0.1) is 0 Å². The van der Waals surface area contributed by atoms with E-state index in [1.807, 2.05) is 18.2 Å². The summed E-state index contributed by atoms with van der Waals surface area (Å²) in [5.74, 6) is 0.183. The fourth-order valence-electron chi connectivity index (χ4n) is 3.01. The van der Waals surface area contributed by atoms with Gasteiger partial charge in [0.25, 0.3) is 0 Å². The number of rotatable bonds is 2. The van der Waals surface area contributed by atoms with Gasteiger partial charge in [0.1, 0.15) is 11.8 Å². The number of anilines is 1. The van der Waals surface area contributed by atoms with Crippen molar-refractivity contribution in [3.8, 4) is 5.75 Å². The summed E-state index contributed by atoms with van der Waals surface area (Å²) in [6.45, 7) is 0. The molecule has 0 fully saturated rings. The summed E-state index contributed by atoms with van der Waals surface area (Å²) in [6.07, 6.45) is 4.99. The number of fused-ring (bicyclic) bond motifs is 3. The zero-order chi connectivity index (χ0) is 12.7. The SMILES string of the molecule is COc1cccc2c1N[C@@H](C(=O)O)[C@H]1CC=C[C@H]21. The van der Waals surface area contributed by atoms with Crippen molar-refractivity contribution in [3.05, 3.63) is 35.9 Å². The molecule has 18 heavy (non-hydrogen) atoms. The molecule has 0 spiro atoms. The van der Waals surface area contributed by atoms with Gasteiger partial charge in [0.2, 0.25) is 0 Å². The molecule has 0 unspecified atom stereocenters. The Kier molecular flexibility index (Phi) is 2.51. The number of carboxylic acid groups (broad SMARTS) is 1. The van der Waals surface area contributed by atoms with Crippen LogP contribution >= 0.6 is 0 Å². The zero-order valence-electron chi connectivity index (χ0n) is 10.1. The monoisotopic (exact) mass is 245 g/mol. The molecule has 1 aliphatic heterocycles. The highest BCUT2D eigenvalue weighted by Gasteiger charge is 2.41. The Hall–Kier alpha value is -1.97. The van der Waals surface area contributed by atoms with Crippen LogP contribution in [0, 0.1) is 5.92 Å². The lowest BCUT2D eigenvalue weighted by Crippen LogP contribution is -2.41. The molecule has 94 valence electrons. The Balaban J connectivity index is 2.11. The van der Waals surface area contributed by atoms with Crippen molar-refractivity contribution < 1.29 is 14.6 Å². The van der Waals surface area contributed by atoms with E-state index < -0.39 is 12.0 Å². The van der Waals surface area contributed by atoms with E-state index in [1.165, 1.54) is 0 Å². The number of ether oxygens (including phenoxy) is 1. The second kappa shape index (κ2) is 4.05. The van der Waals surface area contributed by atoms with Crippen molar-refractivity contribution in [1.82, 2.24) is 0 Å². The molecule has 0 radical (unpaired) electrons. The summed E-state index contributed by atoms with van der Waals surface area (Å²) in [5, 5.41) is 12.5. The molecule has 0 saturated heterocycles. The molecule has 1 aromatic rings. The van der Waals surface area contributed by atoms with E-state index in [0.717, 1.165) is 17.7 Å². The average molecular weight is 245 g/mol. The maximum Gasteiger partial charge on any atom is 0.326 e. The number of para-hydroxylation sites is 1. The van der Waals surface area contributed by atoms with Gasteiger partial charge in [0.15, 0.2) is 0 Å². The van der Waals surface area contributed by atoms with Crippen molar-refractivity contribution >= 4 is 11.7 Å². The van der Waals surface area contributed by atoms with Crippen molar-refractivity contribution in [1.29, 1.82) is 0 Å². The van der Waals surface area contributed by atoms with Crippen LogP contribution in [-0.4, -0.2) is 24.2 Å². The predicted octanol–water partition coefficient (Wildman–Crippen LogP) is 2.23. The number of nitrogens with one attached hydrogen (secondary N) is 1. The summed E-state index contributed by atoms with van der Waals surface area (Å²) in [4.78, 5) is 11.4. The van der Waals surface area contributed by atoms with Crippen molar-refractivity contribution in [2.45, 2.75) is 18.4 Å². The van der Waals surface area contributed by atoms with Crippen LogP contribution in [0.5, 0.6) is 5.75 Å². The first-order valence-electron chi connectivity index (χ1n) is 6.05. The van der Waals surface area contributed by atoms with Crippen LogP contribution in [-0.2, 0) is 4.79 Å². The lowest BCUT2D eigenvalue weighted by molar-refractivity contribution is -0.139. The van der Waals surface area contributed by atoms with Gasteiger partial charge >= 0.3 is 5.97 Å². The molecular formula is C14H15NO3. The molecule has 2 aliphatic rings. The highest BCUT2D eigenvalue weighted by molar-refractivity contribution is 5.82. The number of carboxylic acids is 1. The van der Waals surface area contributed by atoms with Crippen molar-refractivity contribution in [2.75, 3.05) is 12.4 Å². The van der Waals surface area contributed by atoms with E-state index in [2.05, 4.69) is 17.5 Å². The van der Waals surface area contributed by atoms with Gasteiger partial charge in [-0.1, -0.05) is 24.3 Å². The largest absolute Gasteiger partial charge is 0.495 e. The van der Waals surface area contributed by atoms with Gasteiger partial charge in [-0.25, -0.2) is 4.79 Å². The smallest absolute Gasteiger partial charge is 0.326 e. The molecule has 0 amide bonds. The normalized spacial score (nSPS) is 28.2. The van der Waals surface area contributed by atoms with Gasteiger partial charge in [-0.2, -0.15) is 0 Å². The molecule has 4 heteroatoms. The number of methoxy groups -OCH3 is 1. The van der Waals surface area contributed by atoms with Crippen LogP contribution < -0.4 is 10.1 Å². The third-order valence-electron chi connectivity index (χ3n) is 3.84. The van der Waals surface area contributed by atoms with Crippen LogP contribution in [0.2, 0.25) is 0 Å². The minimum Gasteiger partial charge on any atom is -0.495 e. The summed E-state index contributed by atoms with van der Waals surface area (Å²) >= 11 is 0. The van der Waals surface area contributed by atoms with Crippen molar-refractivity contribution in [3.63, 3.8) is 0 Å². The first kappa shape index (κ1) is 11.1. The summed E-state index contributed by atoms with van der Waals surface area (Å²) in [6, 6.07) is 5.29. The molecule has 0 aromatic heterocycles. The highest BCUT2D eigenvalue weighted by Crippen LogP contribution is 2.47. The van der Waals surface area contributed by atoms with Gasteiger partial charge in [-0.3, -0.25) is 0 Å². The van der Waals surface area contributed by atoms with Gasteiger partial charge in [-0.05, 0) is 18.1 Å². The Labute approximate surface area is 105 Å². The molecule has 4 nitrogen and oxygen atoms in total. The number of hydrogen-bond donors (Lipinski definition) is 2. The Morgan fingerprint density at radius 3 is 3.06 bits per heavy atom. The molecule has 1 heterocycles. The maximum absolute atomic E-state index is 11.4. The Morgan fingerprint density at radius 2 is 2.33 bits per heavy atom. The Morgan fingerprint density at radius 1 is 1.50 bits per heavy atom. The summed E-state index contributed by atoms with van der Waals surface area (Å²) < 4.78 is 5.31. The summed E-state index contributed by atoms with van der Waals surface area (Å²) in [7, 11) is 1.60. The quantitative estimate of drug-likeness (QED) is 0.784. The van der Waals surface area contributed by atoms with Crippen LogP contribution in [0.3, 0.4) is 0 Å². The van der Waals surface area contributed by atoms with E-state index >= 15 is 0 Å². The van der Waals surface area contributed by atoms with Crippen LogP contribution in [0.4, 0.5) is 5.69 Å². The molecule has 1 aromatic carbocycles. The second-order valence-electron chi connectivity index (χ2n) is 4.74. The number of allylic oxidation sites excluding steroid dienone is 2. The standard InChI is InChI=1S/C14H15NO3/c1-18-11-7-3-6-9-8-4-2-5-10(8)13(14(16)17)15-12(9)11/h2-4,6-8,10,13,15H,5H2,1H3,(H,16,17)/t8-,10+,13-/m1/s1. The first-order valence-corrected chi connectivity index (χ1v) is 6.05. The lowest BCUT2D eigenvalue weighted by Gasteiger charge is -2.35. The zero-order valence-corrected chi connectivity index (χ0v) is 10.1. The third-order valence-corrected chi connectivity index (χ3v) is 3.84. The van der Waals surface area contributed by atoms with E-state index in [1.54, 1.807) is 7.11 Å². The van der Waals surface area contributed by atoms with E-state index in [0.29, 0.717) is 5.75 Å². The van der Waals surface area contributed by atoms with E-state index in [-0.39, 0.29) is 11.8 Å². The number of benzene rings is 1. The first-order chi connectivity index (χ1) is 8.72. The fraction of sp³-hybridized carbons (Fsp3) is 0.357. The number of hydrogen-bond acceptors (Lipinski definition) is 3. The lowest BCUT2D eigenvalue weighted by atomic mass is 9.79. The maximum atomic E-state index is 11.4. The molecule has 1 aliphatic carbocycles. The molecule has 3 rings (SSSR count). The highest BCUT2D eigenvalue weighted by atomic mass is 16.5. The van der Waals surface area contributed by atoms with Crippen LogP contribution in [0.15, 0.2) is 30.4 Å². The van der Waals surface area contributed by atoms with Gasteiger partial charge in [0.05, 0.1) is 12.8 Å². The minimum atomic E-state index is -0.801. The third kappa shape index (κ3) is 1.49. The number of aliphatic carboxylic acids is 1. The van der Waals surface area contributed by atoms with Crippen LogP contribution in [0.25, 0.3) is 0 Å². The summed E-state index contributed by atoms with van der Waals surface area (Å²) in [5.41, 5.74) is 1.95. The van der Waals surface area contributed by atoms with Crippen molar-refractivity contribution in [2.24, 2.45) is 5.92 Å². The molecular weight excluding hydrogens is 230 g/mol. The van der Waals surface area contributed by atoms with E-state index in [4.69, 9.17) is 4.74 Å². The van der Waals surface area contributed by atoms with E-state index in [9.17, 15) is 9.90 Å². The predicted molar refractivity (Wildman–Crippen MR) is 68.0 cm³/mol. The van der Waals surface area contributed by atoms with Gasteiger partial charge in [0, 0.05) is 11.8 Å². The molecule has 2 N–H and O–H groups in total. The number of carbonyl (C=O) groups is 1. The Bertz CT molecular complexity index is 524. The second-order valence-corrected chi connectivity index (χ2v) is 4.74. The molecule has 0 bridgehead atoms. The fourth-order valence-corrected chi connectivity index (χ4v) is 3.01. The minimum absolute atomic E-state index is 0.0992. The van der Waals surface area contributed by atoms with Gasteiger partial charge < -0.3 is 15.2 Å². The average Bonchev–Trinajstić information content (AvgIpc) is 2.86. The topological polar surface area (TPSA) is 58.6 Å². The molecule has 0 saturated carbocycles. The van der Waals surface area contributed by atoms with Crippen LogP contribution in [0.1, 0.15) is 17.9 Å².